The third-order valence-electron chi connectivity index (χ3n) is 1.95. The molecular weight excluding hydrogens is 212 g/mol. The van der Waals surface area contributed by atoms with Gasteiger partial charge in [0.25, 0.3) is 11.6 Å². The number of aromatic nitrogens is 2. The molecule has 2 rings (SSSR count). The molecule has 0 radical (unpaired) electrons. The molecule has 0 aliphatic rings. The third-order valence-corrected chi connectivity index (χ3v) is 1.95. The zero-order valence-electron chi connectivity index (χ0n) is 8.16. The summed E-state index contributed by atoms with van der Waals surface area (Å²) in [5.74, 6) is 0.589. The van der Waals surface area contributed by atoms with Gasteiger partial charge in [-0.1, -0.05) is 11.2 Å². The zero-order valence-corrected chi connectivity index (χ0v) is 8.16. The fourth-order valence-corrected chi connectivity index (χ4v) is 1.21. The number of rotatable bonds is 3. The third kappa shape index (κ3) is 1.89. The Morgan fingerprint density at radius 1 is 1.50 bits per heavy atom. The number of hydrogen-bond acceptors (Lipinski definition) is 6. The molecule has 0 aliphatic carbocycles. The Labute approximate surface area is 90.0 Å². The van der Waals surface area contributed by atoms with Crippen LogP contribution in [0.1, 0.15) is 5.82 Å². The van der Waals surface area contributed by atoms with Crippen LogP contribution in [0, 0.1) is 10.1 Å². The molecule has 0 amide bonds. The summed E-state index contributed by atoms with van der Waals surface area (Å²) in [4.78, 5) is 14.1. The summed E-state index contributed by atoms with van der Waals surface area (Å²) in [7, 11) is 0. The summed E-state index contributed by atoms with van der Waals surface area (Å²) in [6.07, 6.45) is 0. The van der Waals surface area contributed by atoms with Crippen molar-refractivity contribution < 1.29 is 9.45 Å². The Hall–Kier alpha value is -2.28. The highest BCUT2D eigenvalue weighted by molar-refractivity contribution is 5.57. The van der Waals surface area contributed by atoms with Crippen molar-refractivity contribution in [3.63, 3.8) is 0 Å². The first kappa shape index (κ1) is 10.2. The van der Waals surface area contributed by atoms with Crippen LogP contribution >= 0.6 is 0 Å². The van der Waals surface area contributed by atoms with Crippen LogP contribution in [-0.2, 0) is 6.54 Å². The second-order valence-corrected chi connectivity index (χ2v) is 3.03. The first-order valence-corrected chi connectivity index (χ1v) is 4.48. The van der Waals surface area contributed by atoms with Crippen molar-refractivity contribution >= 4 is 5.69 Å². The highest BCUT2D eigenvalue weighted by atomic mass is 16.6. The lowest BCUT2D eigenvalue weighted by atomic mass is 10.2. The molecule has 0 saturated carbocycles. The van der Waals surface area contributed by atoms with E-state index in [4.69, 9.17) is 10.3 Å². The summed E-state index contributed by atoms with van der Waals surface area (Å²) in [6, 6.07) is 5.97. The predicted molar refractivity (Wildman–Crippen MR) is 54.3 cm³/mol. The summed E-state index contributed by atoms with van der Waals surface area (Å²) in [5, 5.41) is 14.2. The van der Waals surface area contributed by atoms with Crippen LogP contribution < -0.4 is 5.73 Å². The molecular formula is C9H8N4O3. The van der Waals surface area contributed by atoms with E-state index in [-0.39, 0.29) is 18.1 Å². The number of non-ortho nitro benzene ring substituents is 1. The second-order valence-electron chi connectivity index (χ2n) is 3.03. The molecule has 0 unspecified atom stereocenters. The number of nitrogens with zero attached hydrogens (tertiary/aromatic N) is 3. The van der Waals surface area contributed by atoms with Crippen LogP contribution in [-0.4, -0.2) is 15.1 Å². The van der Waals surface area contributed by atoms with Crippen LogP contribution in [0.5, 0.6) is 0 Å². The van der Waals surface area contributed by atoms with E-state index in [1.54, 1.807) is 12.1 Å². The minimum Gasteiger partial charge on any atom is -0.334 e. The molecule has 0 aliphatic heterocycles. The van der Waals surface area contributed by atoms with E-state index in [1.807, 2.05) is 0 Å². The molecule has 2 N–H and O–H groups in total. The van der Waals surface area contributed by atoms with Gasteiger partial charge >= 0.3 is 0 Å². The van der Waals surface area contributed by atoms with E-state index < -0.39 is 4.92 Å². The molecule has 82 valence electrons. The summed E-state index contributed by atoms with van der Waals surface area (Å²) in [5.41, 5.74) is 5.80. The quantitative estimate of drug-likeness (QED) is 0.612. The molecule has 16 heavy (non-hydrogen) atoms. The van der Waals surface area contributed by atoms with Crippen molar-refractivity contribution in [3.8, 4) is 11.5 Å². The van der Waals surface area contributed by atoms with Gasteiger partial charge in [-0.25, -0.2) is 0 Å². The first-order valence-electron chi connectivity index (χ1n) is 4.48. The first-order chi connectivity index (χ1) is 7.70. The molecule has 0 saturated heterocycles. The average molecular weight is 220 g/mol. The van der Waals surface area contributed by atoms with Gasteiger partial charge < -0.3 is 10.3 Å². The van der Waals surface area contributed by atoms with E-state index in [2.05, 4.69) is 10.1 Å². The molecule has 2 aromatic rings. The van der Waals surface area contributed by atoms with Crippen LogP contribution in [0.15, 0.2) is 28.8 Å². The maximum atomic E-state index is 10.6. The average Bonchev–Trinajstić information content (AvgIpc) is 2.77. The maximum Gasteiger partial charge on any atom is 0.270 e. The highest BCUT2D eigenvalue weighted by Gasteiger charge is 2.11. The van der Waals surface area contributed by atoms with Crippen molar-refractivity contribution in [3.05, 3.63) is 40.2 Å². The van der Waals surface area contributed by atoms with Gasteiger partial charge in [0.05, 0.1) is 11.5 Å². The fraction of sp³-hybridized carbons (Fsp3) is 0.111. The molecule has 7 heteroatoms. The predicted octanol–water partition coefficient (Wildman–Crippen LogP) is 1.10. The van der Waals surface area contributed by atoms with E-state index in [0.717, 1.165) is 0 Å². The SMILES string of the molecule is NCc1noc(-c2cccc([N+](=O)[O-])c2)n1. The smallest absolute Gasteiger partial charge is 0.270 e. The standard InChI is InChI=1S/C9H8N4O3/c10-5-8-11-9(16-12-8)6-2-1-3-7(4-6)13(14)15/h1-4H,5,10H2. The van der Waals surface area contributed by atoms with E-state index >= 15 is 0 Å². The summed E-state index contributed by atoms with van der Waals surface area (Å²) in [6.45, 7) is 0.165. The Bertz CT molecular complexity index is 523. The Morgan fingerprint density at radius 2 is 2.31 bits per heavy atom. The van der Waals surface area contributed by atoms with Gasteiger partial charge in [-0.15, -0.1) is 0 Å². The molecule has 0 bridgehead atoms. The van der Waals surface area contributed by atoms with Gasteiger partial charge in [0, 0.05) is 17.7 Å². The molecule has 1 aromatic carbocycles. The lowest BCUT2D eigenvalue weighted by molar-refractivity contribution is -0.384. The fourth-order valence-electron chi connectivity index (χ4n) is 1.21. The highest BCUT2D eigenvalue weighted by Crippen LogP contribution is 2.21. The number of nitro groups is 1. The maximum absolute atomic E-state index is 10.6. The van der Waals surface area contributed by atoms with Crippen molar-refractivity contribution in [2.45, 2.75) is 6.54 Å². The van der Waals surface area contributed by atoms with Crippen molar-refractivity contribution in [2.75, 3.05) is 0 Å². The lowest BCUT2D eigenvalue weighted by Gasteiger charge is -1.93. The number of benzene rings is 1. The van der Waals surface area contributed by atoms with Crippen LogP contribution in [0.4, 0.5) is 5.69 Å². The molecule has 7 nitrogen and oxygen atoms in total. The largest absolute Gasteiger partial charge is 0.334 e. The minimum atomic E-state index is -0.482. The topological polar surface area (TPSA) is 108 Å². The Kier molecular flexibility index (Phi) is 2.61. The second kappa shape index (κ2) is 4.07. The summed E-state index contributed by atoms with van der Waals surface area (Å²) >= 11 is 0. The Morgan fingerprint density at radius 3 is 2.94 bits per heavy atom. The number of nitrogens with two attached hydrogens (primary N) is 1. The van der Waals surface area contributed by atoms with E-state index in [9.17, 15) is 10.1 Å². The van der Waals surface area contributed by atoms with Gasteiger partial charge in [0.1, 0.15) is 0 Å². The van der Waals surface area contributed by atoms with Gasteiger partial charge in [-0.3, -0.25) is 10.1 Å². The van der Waals surface area contributed by atoms with Crippen LogP contribution in [0.25, 0.3) is 11.5 Å². The molecule has 0 atom stereocenters. The molecule has 1 heterocycles. The molecule has 0 spiro atoms. The van der Waals surface area contributed by atoms with Crippen LogP contribution in [0.3, 0.4) is 0 Å². The van der Waals surface area contributed by atoms with Crippen molar-refractivity contribution in [2.24, 2.45) is 5.73 Å². The van der Waals surface area contributed by atoms with Gasteiger partial charge in [0.2, 0.25) is 0 Å². The van der Waals surface area contributed by atoms with Gasteiger partial charge in [-0.2, -0.15) is 4.98 Å². The normalized spacial score (nSPS) is 10.3. The van der Waals surface area contributed by atoms with Gasteiger partial charge in [0.15, 0.2) is 5.82 Å². The molecule has 0 fully saturated rings. The summed E-state index contributed by atoms with van der Waals surface area (Å²) < 4.78 is 4.91. The van der Waals surface area contributed by atoms with Crippen molar-refractivity contribution in [1.82, 2.24) is 10.1 Å². The number of nitro benzene ring substituents is 1. The zero-order chi connectivity index (χ0) is 11.5. The monoisotopic (exact) mass is 220 g/mol. The van der Waals surface area contributed by atoms with E-state index in [0.29, 0.717) is 11.4 Å². The minimum absolute atomic E-state index is 0.0231. The van der Waals surface area contributed by atoms with E-state index in [1.165, 1.54) is 12.1 Å². The Balaban J connectivity index is 2.40. The van der Waals surface area contributed by atoms with Crippen molar-refractivity contribution in [1.29, 1.82) is 0 Å². The van der Waals surface area contributed by atoms with Gasteiger partial charge in [-0.05, 0) is 6.07 Å². The lowest BCUT2D eigenvalue weighted by Crippen LogP contribution is -1.97. The molecule has 1 aromatic heterocycles. The number of hydrogen-bond donors (Lipinski definition) is 1. The van der Waals surface area contributed by atoms with Crippen LogP contribution in [0.2, 0.25) is 0 Å².